The fraction of sp³-hybridized carbons (Fsp3) is 0.286. The maximum absolute atomic E-state index is 11.7. The zero-order valence-electron chi connectivity index (χ0n) is 15.2. The van der Waals surface area contributed by atoms with E-state index in [0.717, 1.165) is 28.5 Å². The first kappa shape index (κ1) is 19.3. The summed E-state index contributed by atoms with van der Waals surface area (Å²) in [6, 6.07) is 12.7. The summed E-state index contributed by atoms with van der Waals surface area (Å²) in [7, 11) is 0. The van der Waals surface area contributed by atoms with Crippen molar-refractivity contribution < 1.29 is 14.6 Å². The van der Waals surface area contributed by atoms with Crippen LogP contribution in [0, 0.1) is 0 Å². The molecule has 0 spiro atoms. The van der Waals surface area contributed by atoms with E-state index < -0.39 is 12.0 Å². The molecule has 0 aliphatic heterocycles. The number of ether oxygens (including phenoxy) is 1. The number of carbonyl (C=O) groups is 1. The van der Waals surface area contributed by atoms with Gasteiger partial charge in [0.15, 0.2) is 0 Å². The molecule has 1 heterocycles. The first-order valence-corrected chi connectivity index (χ1v) is 9.38. The lowest BCUT2D eigenvalue weighted by Crippen LogP contribution is -2.38. The highest BCUT2D eigenvalue weighted by Gasteiger charge is 2.19. The molecule has 6 heteroatoms. The van der Waals surface area contributed by atoms with Crippen molar-refractivity contribution in [2.45, 2.75) is 32.4 Å². The molecule has 0 saturated heterocycles. The zero-order valence-corrected chi connectivity index (χ0v) is 15.9. The fourth-order valence-corrected chi connectivity index (χ4v) is 3.25. The number of aliphatic carboxylic acids is 1. The second kappa shape index (κ2) is 8.93. The number of H-pyrrole nitrogens is 1. The molecule has 1 atom stereocenters. The topological polar surface area (TPSA) is 74.3 Å². The molecule has 3 aromatic rings. The molecule has 27 heavy (non-hydrogen) atoms. The average molecular weight is 387 g/mol. The molecule has 1 unspecified atom stereocenters. The third-order valence-corrected chi connectivity index (χ3v) is 4.70. The number of carboxylic acids is 1. The zero-order chi connectivity index (χ0) is 19.2. The SMILES string of the molecule is CCCOc1ccc(CNC(Cc2c[nH]c3ccccc23)C(=O)O)cc1Cl. The number of hydrogen-bond donors (Lipinski definition) is 3. The summed E-state index contributed by atoms with van der Waals surface area (Å²) < 4.78 is 5.57. The van der Waals surface area contributed by atoms with Crippen LogP contribution in [0.2, 0.25) is 5.02 Å². The number of aromatic amines is 1. The second-order valence-electron chi connectivity index (χ2n) is 6.45. The van der Waals surface area contributed by atoms with Gasteiger partial charge in [0.1, 0.15) is 11.8 Å². The van der Waals surface area contributed by atoms with Crippen LogP contribution in [0.4, 0.5) is 0 Å². The summed E-state index contributed by atoms with van der Waals surface area (Å²) >= 11 is 6.25. The predicted octanol–water partition coefficient (Wildman–Crippen LogP) is 4.40. The molecule has 5 nitrogen and oxygen atoms in total. The van der Waals surface area contributed by atoms with Gasteiger partial charge in [-0.1, -0.05) is 42.8 Å². The number of carboxylic acid groups (broad SMARTS) is 1. The van der Waals surface area contributed by atoms with Gasteiger partial charge < -0.3 is 20.1 Å². The smallest absolute Gasteiger partial charge is 0.321 e. The van der Waals surface area contributed by atoms with Crippen molar-refractivity contribution in [1.82, 2.24) is 10.3 Å². The van der Waals surface area contributed by atoms with Crippen LogP contribution in [0.15, 0.2) is 48.7 Å². The van der Waals surface area contributed by atoms with E-state index in [4.69, 9.17) is 16.3 Å². The van der Waals surface area contributed by atoms with Crippen LogP contribution in [-0.4, -0.2) is 28.7 Å². The van der Waals surface area contributed by atoms with Gasteiger partial charge in [0.2, 0.25) is 0 Å². The number of fused-ring (bicyclic) bond motifs is 1. The minimum absolute atomic E-state index is 0.394. The number of aromatic nitrogens is 1. The standard InChI is InChI=1S/C21H23ClN2O3/c1-2-9-27-20-8-7-14(10-17(20)22)12-23-19(21(25)26)11-15-13-24-18-6-4-3-5-16(15)18/h3-8,10,13,19,23-24H,2,9,11-12H2,1H3,(H,25,26). The highest BCUT2D eigenvalue weighted by molar-refractivity contribution is 6.32. The first-order valence-electron chi connectivity index (χ1n) is 9.01. The molecule has 0 saturated carbocycles. The third-order valence-electron chi connectivity index (χ3n) is 4.41. The molecule has 142 valence electrons. The number of nitrogens with one attached hydrogen (secondary N) is 2. The van der Waals surface area contributed by atoms with Crippen molar-refractivity contribution in [3.63, 3.8) is 0 Å². The van der Waals surface area contributed by atoms with Crippen LogP contribution < -0.4 is 10.1 Å². The summed E-state index contributed by atoms with van der Waals surface area (Å²) in [6.07, 6.45) is 3.18. The van der Waals surface area contributed by atoms with Crippen LogP contribution >= 0.6 is 11.6 Å². The maximum atomic E-state index is 11.7. The molecule has 0 amide bonds. The Hall–Kier alpha value is -2.50. The molecule has 2 aromatic carbocycles. The first-order chi connectivity index (χ1) is 13.1. The van der Waals surface area contributed by atoms with Crippen molar-refractivity contribution in [3.05, 3.63) is 64.8 Å². The number of rotatable bonds is 9. The highest BCUT2D eigenvalue weighted by atomic mass is 35.5. The maximum Gasteiger partial charge on any atom is 0.321 e. The van der Waals surface area contributed by atoms with Crippen LogP contribution in [0.3, 0.4) is 0 Å². The van der Waals surface area contributed by atoms with Gasteiger partial charge in [0.25, 0.3) is 0 Å². The molecule has 0 bridgehead atoms. The summed E-state index contributed by atoms with van der Waals surface area (Å²) in [6.45, 7) is 3.06. The van der Waals surface area contributed by atoms with Crippen molar-refractivity contribution >= 4 is 28.5 Å². The normalized spacial score (nSPS) is 12.2. The van der Waals surface area contributed by atoms with Crippen LogP contribution in [0.5, 0.6) is 5.75 Å². The minimum atomic E-state index is -0.880. The lowest BCUT2D eigenvalue weighted by molar-refractivity contribution is -0.139. The van der Waals surface area contributed by atoms with E-state index in [9.17, 15) is 9.90 Å². The Morgan fingerprint density at radius 1 is 1.30 bits per heavy atom. The third kappa shape index (κ3) is 4.81. The average Bonchev–Trinajstić information content (AvgIpc) is 3.07. The summed E-state index contributed by atoms with van der Waals surface area (Å²) in [5.41, 5.74) is 2.90. The minimum Gasteiger partial charge on any atom is -0.492 e. The molecular formula is C21H23ClN2O3. The number of para-hydroxylation sites is 1. The van der Waals surface area contributed by atoms with Crippen molar-refractivity contribution in [1.29, 1.82) is 0 Å². The van der Waals surface area contributed by atoms with Crippen molar-refractivity contribution in [2.24, 2.45) is 0 Å². The van der Waals surface area contributed by atoms with Gasteiger partial charge in [-0.3, -0.25) is 4.79 Å². The van der Waals surface area contributed by atoms with E-state index in [-0.39, 0.29) is 0 Å². The molecule has 3 N–H and O–H groups in total. The Morgan fingerprint density at radius 3 is 2.85 bits per heavy atom. The number of hydrogen-bond acceptors (Lipinski definition) is 3. The van der Waals surface area contributed by atoms with E-state index in [1.165, 1.54) is 0 Å². The molecule has 3 rings (SSSR count). The predicted molar refractivity (Wildman–Crippen MR) is 108 cm³/mol. The lowest BCUT2D eigenvalue weighted by Gasteiger charge is -2.15. The van der Waals surface area contributed by atoms with Crippen molar-refractivity contribution in [2.75, 3.05) is 6.61 Å². The highest BCUT2D eigenvalue weighted by Crippen LogP contribution is 2.26. The van der Waals surface area contributed by atoms with E-state index in [1.54, 1.807) is 0 Å². The Morgan fingerprint density at radius 2 is 2.11 bits per heavy atom. The summed E-state index contributed by atoms with van der Waals surface area (Å²) in [5.74, 6) is -0.231. The largest absolute Gasteiger partial charge is 0.492 e. The number of halogens is 1. The van der Waals surface area contributed by atoms with Gasteiger partial charge in [-0.25, -0.2) is 0 Å². The summed E-state index contributed by atoms with van der Waals surface area (Å²) in [5, 5.41) is 14.3. The lowest BCUT2D eigenvalue weighted by atomic mass is 10.0. The van der Waals surface area contributed by atoms with Gasteiger partial charge in [0.05, 0.1) is 11.6 Å². The van der Waals surface area contributed by atoms with Gasteiger partial charge >= 0.3 is 5.97 Å². The summed E-state index contributed by atoms with van der Waals surface area (Å²) in [4.78, 5) is 14.9. The quantitative estimate of drug-likeness (QED) is 0.509. The Kier molecular flexibility index (Phi) is 6.37. The monoisotopic (exact) mass is 386 g/mol. The van der Waals surface area contributed by atoms with Crippen LogP contribution in [0.25, 0.3) is 10.9 Å². The number of benzene rings is 2. The van der Waals surface area contributed by atoms with Crippen LogP contribution in [0.1, 0.15) is 24.5 Å². The van der Waals surface area contributed by atoms with E-state index in [1.807, 2.05) is 55.6 Å². The van der Waals surface area contributed by atoms with Gasteiger partial charge in [-0.05, 0) is 35.7 Å². The molecular weight excluding hydrogens is 364 g/mol. The Bertz CT molecular complexity index is 923. The molecule has 0 radical (unpaired) electrons. The van der Waals surface area contributed by atoms with Gasteiger partial charge in [0, 0.05) is 30.1 Å². The Balaban J connectivity index is 1.67. The van der Waals surface area contributed by atoms with E-state index in [2.05, 4.69) is 10.3 Å². The molecule has 0 aliphatic rings. The molecule has 1 aromatic heterocycles. The second-order valence-corrected chi connectivity index (χ2v) is 6.86. The Labute approximate surface area is 163 Å². The van der Waals surface area contributed by atoms with E-state index in [0.29, 0.717) is 30.3 Å². The molecule has 0 fully saturated rings. The van der Waals surface area contributed by atoms with Crippen LogP contribution in [-0.2, 0) is 17.8 Å². The molecule has 0 aliphatic carbocycles. The fourth-order valence-electron chi connectivity index (χ4n) is 2.99. The van der Waals surface area contributed by atoms with Crippen molar-refractivity contribution in [3.8, 4) is 5.75 Å². The van der Waals surface area contributed by atoms with Gasteiger partial charge in [-0.15, -0.1) is 0 Å². The van der Waals surface area contributed by atoms with E-state index >= 15 is 0 Å². The van der Waals surface area contributed by atoms with Gasteiger partial charge in [-0.2, -0.15) is 0 Å².